The van der Waals surface area contributed by atoms with Crippen molar-refractivity contribution in [1.82, 2.24) is 9.97 Å². The van der Waals surface area contributed by atoms with Crippen molar-refractivity contribution in [3.63, 3.8) is 0 Å². The van der Waals surface area contributed by atoms with Gasteiger partial charge in [-0.05, 0) is 44.2 Å². The molecule has 0 aliphatic rings. The summed E-state index contributed by atoms with van der Waals surface area (Å²) in [6.45, 7) is 5.75. The Morgan fingerprint density at radius 3 is 2.65 bits per heavy atom. The van der Waals surface area contributed by atoms with Gasteiger partial charge in [-0.15, -0.1) is 18.2 Å². The summed E-state index contributed by atoms with van der Waals surface area (Å²) in [6, 6.07) is 19.0. The minimum atomic E-state index is -0.701. The summed E-state index contributed by atoms with van der Waals surface area (Å²) in [5.74, 6) is 0.501. The lowest BCUT2D eigenvalue weighted by atomic mass is 10.1. The Morgan fingerprint density at radius 2 is 1.92 bits per heavy atom. The fourth-order valence-corrected chi connectivity index (χ4v) is 4.68. The number of carbonyl (C=O) groups excluding carboxylic acids is 1. The molecule has 0 unspecified atom stereocenters. The summed E-state index contributed by atoms with van der Waals surface area (Å²) in [6.07, 6.45) is 4.39. The quantitative estimate of drug-likeness (QED) is 0.170. The van der Waals surface area contributed by atoms with E-state index in [0.717, 1.165) is 16.1 Å². The van der Waals surface area contributed by atoms with E-state index in [1.807, 2.05) is 75.4 Å². The molecule has 0 aliphatic heterocycles. The molecule has 0 atom stereocenters. The third kappa shape index (κ3) is 5.35. The lowest BCUT2D eigenvalue weighted by molar-refractivity contribution is -0.559. The van der Waals surface area contributed by atoms with Crippen LogP contribution in [0.1, 0.15) is 37.6 Å². The van der Waals surface area contributed by atoms with Crippen LogP contribution < -0.4 is 9.30 Å². The first-order valence-corrected chi connectivity index (χ1v) is 12.6. The summed E-state index contributed by atoms with van der Waals surface area (Å²) >= 11 is 1.41. The first-order valence-electron chi connectivity index (χ1n) is 11.8. The van der Waals surface area contributed by atoms with Crippen molar-refractivity contribution >= 4 is 28.3 Å². The zero-order valence-electron chi connectivity index (χ0n) is 20.7. The van der Waals surface area contributed by atoms with Crippen LogP contribution in [0, 0.1) is 6.10 Å². The molecule has 0 bridgehead atoms. The van der Waals surface area contributed by atoms with E-state index in [9.17, 15) is 9.90 Å². The molecule has 3 heterocycles. The summed E-state index contributed by atoms with van der Waals surface area (Å²) in [5.41, 5.74) is 2.52. The number of rotatable bonds is 6. The van der Waals surface area contributed by atoms with Crippen LogP contribution in [0.2, 0.25) is 0 Å². The zero-order valence-corrected chi connectivity index (χ0v) is 21.5. The number of pyridine rings is 1. The molecule has 8 heteroatoms. The topological polar surface area (TPSA) is 85.4 Å². The van der Waals surface area contributed by atoms with E-state index >= 15 is 0 Å². The van der Waals surface area contributed by atoms with E-state index in [-0.39, 0.29) is 6.10 Å². The number of aliphatic hydroxyl groups excluding tert-OH is 1. The highest BCUT2D eigenvalue weighted by Gasteiger charge is 2.27. The Morgan fingerprint density at radius 1 is 1.11 bits per heavy atom. The maximum Gasteiger partial charge on any atom is 0.544 e. The molecule has 0 fully saturated rings. The Labute approximate surface area is 219 Å². The number of thiazole rings is 1. The van der Waals surface area contributed by atoms with Crippen molar-refractivity contribution in [2.45, 2.75) is 33.0 Å². The monoisotopic (exact) mass is 512 g/mol. The molecular weight excluding hydrogens is 486 g/mol. The predicted octanol–water partition coefficient (Wildman–Crippen LogP) is 6.03. The van der Waals surface area contributed by atoms with Crippen LogP contribution in [0.4, 0.5) is 4.79 Å². The molecule has 2 aromatic carbocycles. The first-order chi connectivity index (χ1) is 17.8. The van der Waals surface area contributed by atoms with Crippen molar-refractivity contribution < 1.29 is 23.9 Å². The first kappa shape index (κ1) is 24.5. The van der Waals surface area contributed by atoms with Crippen LogP contribution in [0.3, 0.4) is 0 Å². The molecule has 1 N–H and O–H groups in total. The second kappa shape index (κ2) is 10.1. The minimum absolute atomic E-state index is 0.0427. The molecule has 7 nitrogen and oxygen atoms in total. The van der Waals surface area contributed by atoms with E-state index in [4.69, 9.17) is 9.47 Å². The number of benzene rings is 2. The number of carbonyl (C=O) groups is 1. The largest absolute Gasteiger partial charge is 0.544 e. The van der Waals surface area contributed by atoms with Gasteiger partial charge in [-0.2, -0.15) is 4.57 Å². The molecule has 0 spiro atoms. The summed E-state index contributed by atoms with van der Waals surface area (Å²) in [4.78, 5) is 22.0. The summed E-state index contributed by atoms with van der Waals surface area (Å²) in [5, 5.41) is 14.5. The third-order valence-corrected chi connectivity index (χ3v) is 6.42. The van der Waals surface area contributed by atoms with Crippen LogP contribution in [-0.2, 0) is 11.3 Å². The maximum absolute atomic E-state index is 13.2. The van der Waals surface area contributed by atoms with E-state index in [0.29, 0.717) is 34.5 Å². The van der Waals surface area contributed by atoms with Gasteiger partial charge in [0.15, 0.2) is 16.9 Å². The molecule has 5 rings (SSSR count). The average Bonchev–Trinajstić information content (AvgIpc) is 3.53. The summed E-state index contributed by atoms with van der Waals surface area (Å²) in [7, 11) is 0. The van der Waals surface area contributed by atoms with Gasteiger partial charge in [0.05, 0.1) is 6.20 Å². The Balaban J connectivity index is 1.56. The van der Waals surface area contributed by atoms with Crippen molar-refractivity contribution in [1.29, 1.82) is 0 Å². The van der Waals surface area contributed by atoms with Crippen LogP contribution in [0.15, 0.2) is 84.6 Å². The van der Waals surface area contributed by atoms with Gasteiger partial charge in [0.25, 0.3) is 0 Å². The zero-order chi connectivity index (χ0) is 26.0. The van der Waals surface area contributed by atoms with Gasteiger partial charge in [-0.25, -0.2) is 4.79 Å². The minimum Gasteiger partial charge on any atom is -0.496 e. The summed E-state index contributed by atoms with van der Waals surface area (Å²) < 4.78 is 13.2. The molecule has 0 amide bonds. The lowest BCUT2D eigenvalue weighted by Gasteiger charge is -2.18. The third-order valence-electron chi connectivity index (χ3n) is 5.53. The molecule has 3 aromatic heterocycles. The van der Waals surface area contributed by atoms with Gasteiger partial charge in [0.1, 0.15) is 23.3 Å². The van der Waals surface area contributed by atoms with Crippen molar-refractivity contribution in [3.8, 4) is 16.3 Å². The molecule has 0 radical (unpaired) electrons. The highest BCUT2D eigenvalue weighted by atomic mass is 32.1. The Hall–Kier alpha value is -4.14. The number of ether oxygens (including phenoxy) is 2. The Kier molecular flexibility index (Phi) is 6.69. The van der Waals surface area contributed by atoms with Gasteiger partial charge in [0.2, 0.25) is 5.01 Å². The van der Waals surface area contributed by atoms with Gasteiger partial charge >= 0.3 is 6.09 Å². The molecule has 0 saturated heterocycles. The second-order valence-corrected chi connectivity index (χ2v) is 10.3. The Bertz CT molecular complexity index is 1520. The fraction of sp³-hybridized carbons (Fsp3) is 0.172. The van der Waals surface area contributed by atoms with Gasteiger partial charge in [-0.3, -0.25) is 4.98 Å². The normalized spacial score (nSPS) is 11.5. The smallest absolute Gasteiger partial charge is 0.496 e. The predicted molar refractivity (Wildman–Crippen MR) is 141 cm³/mol. The van der Waals surface area contributed by atoms with Gasteiger partial charge < -0.3 is 19.6 Å². The number of fused-ring (bicyclic) bond motifs is 1. The maximum atomic E-state index is 13.2. The SMILES string of the molecule is CC(C)(C)OC(=O)[n+]1cc([C-](O)c2c[s+][c-](-c3cccnc3)n2)c2cccc(OCc3ccccc3)[c-]21. The molecule has 188 valence electrons. The highest BCUT2D eigenvalue weighted by Crippen LogP contribution is 2.34. The number of para-hydroxylation sites is 1. The molecule has 37 heavy (non-hydrogen) atoms. The molecule has 0 saturated carbocycles. The molecule has 5 aromatic rings. The second-order valence-electron chi connectivity index (χ2n) is 9.45. The molecule has 0 aliphatic carbocycles. The van der Waals surface area contributed by atoms with E-state index in [1.54, 1.807) is 30.0 Å². The van der Waals surface area contributed by atoms with Crippen molar-refractivity contribution in [2.24, 2.45) is 0 Å². The number of aromatic nitrogens is 3. The van der Waals surface area contributed by atoms with E-state index in [1.165, 1.54) is 15.9 Å². The fourth-order valence-electron chi connectivity index (χ4n) is 3.89. The van der Waals surface area contributed by atoms with Crippen LogP contribution >= 0.6 is 11.3 Å². The lowest BCUT2D eigenvalue weighted by Crippen LogP contribution is -2.45. The highest BCUT2D eigenvalue weighted by molar-refractivity contribution is 7.13. The van der Waals surface area contributed by atoms with Crippen molar-refractivity contribution in [3.05, 3.63) is 108 Å². The average molecular weight is 513 g/mol. The van der Waals surface area contributed by atoms with Gasteiger partial charge in [0, 0.05) is 11.9 Å². The molecular formula is C29H26N3O4S-. The van der Waals surface area contributed by atoms with Crippen LogP contribution in [-0.4, -0.2) is 26.8 Å². The van der Waals surface area contributed by atoms with Crippen LogP contribution in [0.5, 0.6) is 5.75 Å². The van der Waals surface area contributed by atoms with E-state index < -0.39 is 11.7 Å². The standard InChI is InChI=1S/C29H26N3O4S/c1-29(2,3)36-28(34)32-16-22(26(33)23-18-37-27(31-23)20-11-8-14-30-15-20)21-12-7-13-24(25(21)32)35-17-19-9-5-4-6-10-19/h4-16,18,33H,17H2,1-3H3/q-1. The number of aliphatic hydroxyl groups is 1. The number of nitrogens with zero attached hydrogens (tertiary/aromatic N) is 3. The van der Waals surface area contributed by atoms with E-state index in [2.05, 4.69) is 9.97 Å². The number of hydrogen-bond donors (Lipinski definition) is 1. The van der Waals surface area contributed by atoms with Crippen LogP contribution in [0.25, 0.3) is 21.5 Å². The van der Waals surface area contributed by atoms with Gasteiger partial charge in [-0.1, -0.05) is 53.4 Å². The van der Waals surface area contributed by atoms with Crippen molar-refractivity contribution in [2.75, 3.05) is 0 Å². The number of hydrogen-bond acceptors (Lipinski definition) is 6.